The third-order valence-electron chi connectivity index (χ3n) is 2.57. The molecule has 0 spiro atoms. The molecule has 0 fully saturated rings. The molecule has 0 unspecified atom stereocenters. The zero-order valence-electron chi connectivity index (χ0n) is 10.8. The molecule has 0 saturated heterocycles. The van der Waals surface area contributed by atoms with E-state index < -0.39 is 5.97 Å². The molecule has 0 heterocycles. The minimum atomic E-state index is -0.773. The molecule has 0 amide bonds. The molecule has 100 valence electrons. The van der Waals surface area contributed by atoms with Crippen molar-refractivity contribution >= 4 is 11.7 Å². The lowest BCUT2D eigenvalue weighted by molar-refractivity contribution is -0.136. The van der Waals surface area contributed by atoms with Crippen LogP contribution in [-0.2, 0) is 9.53 Å². The highest BCUT2D eigenvalue weighted by molar-refractivity contribution is 5.67. The van der Waals surface area contributed by atoms with Gasteiger partial charge in [0.1, 0.15) is 0 Å². The summed E-state index contributed by atoms with van der Waals surface area (Å²) in [6.45, 7) is 4.68. The molecule has 0 saturated carbocycles. The first-order valence-electron chi connectivity index (χ1n) is 6.33. The van der Waals surface area contributed by atoms with Crippen LogP contribution in [0.1, 0.15) is 19.8 Å². The minimum absolute atomic E-state index is 0.142. The van der Waals surface area contributed by atoms with Gasteiger partial charge in [-0.05, 0) is 18.6 Å². The molecule has 18 heavy (non-hydrogen) atoms. The monoisotopic (exact) mass is 251 g/mol. The van der Waals surface area contributed by atoms with Crippen molar-refractivity contribution in [2.75, 3.05) is 31.2 Å². The lowest BCUT2D eigenvalue weighted by Crippen LogP contribution is -2.29. The van der Waals surface area contributed by atoms with E-state index in [0.29, 0.717) is 13.2 Å². The van der Waals surface area contributed by atoms with E-state index >= 15 is 0 Å². The smallest absolute Gasteiger partial charge is 0.305 e. The van der Waals surface area contributed by atoms with Gasteiger partial charge in [0.2, 0.25) is 0 Å². The Kier molecular flexibility index (Phi) is 6.87. The number of carboxylic acids is 1. The van der Waals surface area contributed by atoms with Gasteiger partial charge in [0, 0.05) is 25.4 Å². The number of carboxylic acid groups (broad SMARTS) is 1. The predicted octanol–water partition coefficient (Wildman–Crippen LogP) is 2.39. The fourth-order valence-corrected chi connectivity index (χ4v) is 1.66. The summed E-state index contributed by atoms with van der Waals surface area (Å²) in [7, 11) is 0. The molecule has 0 radical (unpaired) electrons. The van der Waals surface area contributed by atoms with Gasteiger partial charge in [-0.2, -0.15) is 0 Å². The van der Waals surface area contributed by atoms with Crippen LogP contribution in [0.4, 0.5) is 5.69 Å². The summed E-state index contributed by atoms with van der Waals surface area (Å²) in [5, 5.41) is 8.76. The summed E-state index contributed by atoms with van der Waals surface area (Å²) in [5.74, 6) is -0.773. The molecule has 0 aliphatic heterocycles. The van der Waals surface area contributed by atoms with Gasteiger partial charge in [-0.3, -0.25) is 4.79 Å². The van der Waals surface area contributed by atoms with Crippen molar-refractivity contribution in [3.63, 3.8) is 0 Å². The summed E-state index contributed by atoms with van der Waals surface area (Å²) < 4.78 is 5.45. The maximum Gasteiger partial charge on any atom is 0.305 e. The number of carbonyl (C=O) groups is 1. The molecule has 0 aliphatic carbocycles. The van der Waals surface area contributed by atoms with E-state index in [9.17, 15) is 4.79 Å². The molecule has 1 rings (SSSR count). The van der Waals surface area contributed by atoms with Crippen LogP contribution in [-0.4, -0.2) is 37.4 Å². The normalized spacial score (nSPS) is 10.3. The van der Waals surface area contributed by atoms with Crippen LogP contribution in [0.5, 0.6) is 0 Å². The molecule has 1 aromatic carbocycles. The number of anilines is 1. The fraction of sp³-hybridized carbons (Fsp3) is 0.500. The van der Waals surface area contributed by atoms with E-state index in [4.69, 9.17) is 9.84 Å². The average molecular weight is 251 g/mol. The lowest BCUT2D eigenvalue weighted by Gasteiger charge is -2.24. The molecule has 0 aromatic heterocycles. The van der Waals surface area contributed by atoms with E-state index in [1.54, 1.807) is 0 Å². The number of rotatable bonds is 9. The highest BCUT2D eigenvalue weighted by atomic mass is 16.5. The molecule has 4 nitrogen and oxygen atoms in total. The number of ether oxygens (including phenoxy) is 1. The van der Waals surface area contributed by atoms with Crippen LogP contribution < -0.4 is 4.90 Å². The van der Waals surface area contributed by atoms with Gasteiger partial charge in [0.15, 0.2) is 0 Å². The molecule has 4 heteroatoms. The highest BCUT2D eigenvalue weighted by Gasteiger charge is 2.08. The second kappa shape index (κ2) is 8.53. The van der Waals surface area contributed by atoms with Crippen LogP contribution in [0, 0.1) is 0 Å². The van der Waals surface area contributed by atoms with Crippen molar-refractivity contribution < 1.29 is 14.6 Å². The largest absolute Gasteiger partial charge is 0.481 e. The third-order valence-corrected chi connectivity index (χ3v) is 2.57. The maximum atomic E-state index is 10.7. The quantitative estimate of drug-likeness (QED) is 0.685. The second-order valence-electron chi connectivity index (χ2n) is 4.08. The molecule has 0 atom stereocenters. The Morgan fingerprint density at radius 3 is 2.56 bits per heavy atom. The number of hydrogen-bond acceptors (Lipinski definition) is 3. The van der Waals surface area contributed by atoms with Gasteiger partial charge in [0.25, 0.3) is 0 Å². The average Bonchev–Trinajstić information content (AvgIpc) is 2.38. The zero-order chi connectivity index (χ0) is 13.2. The molecular weight excluding hydrogens is 230 g/mol. The molecule has 1 aromatic rings. The van der Waals surface area contributed by atoms with Crippen molar-refractivity contribution in [2.24, 2.45) is 0 Å². The molecule has 0 aliphatic rings. The van der Waals surface area contributed by atoms with E-state index in [1.807, 2.05) is 35.2 Å². The number of para-hydroxylation sites is 1. The van der Waals surface area contributed by atoms with Crippen molar-refractivity contribution in [3.8, 4) is 0 Å². The Labute approximate surface area is 108 Å². The van der Waals surface area contributed by atoms with Gasteiger partial charge < -0.3 is 14.7 Å². The van der Waals surface area contributed by atoms with Crippen molar-refractivity contribution in [1.29, 1.82) is 0 Å². The Balaban J connectivity index is 2.49. The first kappa shape index (κ1) is 14.5. The predicted molar refractivity (Wildman–Crippen MR) is 72.0 cm³/mol. The summed E-state index contributed by atoms with van der Waals surface area (Å²) in [5.41, 5.74) is 1.04. The number of benzene rings is 1. The van der Waals surface area contributed by atoms with Crippen molar-refractivity contribution in [1.82, 2.24) is 0 Å². The topological polar surface area (TPSA) is 49.8 Å². The van der Waals surface area contributed by atoms with Gasteiger partial charge in [-0.1, -0.05) is 25.1 Å². The first-order valence-corrected chi connectivity index (χ1v) is 6.33. The number of hydrogen-bond donors (Lipinski definition) is 1. The SMILES string of the molecule is CCCOCCN(CCC(=O)O)c1ccccc1. The Bertz CT molecular complexity index is 340. The Morgan fingerprint density at radius 1 is 1.22 bits per heavy atom. The molecule has 0 bridgehead atoms. The Morgan fingerprint density at radius 2 is 1.94 bits per heavy atom. The highest BCUT2D eigenvalue weighted by Crippen LogP contribution is 2.13. The molecular formula is C14H21NO3. The number of aliphatic carboxylic acids is 1. The maximum absolute atomic E-state index is 10.7. The summed E-state index contributed by atoms with van der Waals surface area (Å²) in [6, 6.07) is 9.84. The fourth-order valence-electron chi connectivity index (χ4n) is 1.66. The first-order chi connectivity index (χ1) is 8.74. The van der Waals surface area contributed by atoms with E-state index in [2.05, 4.69) is 6.92 Å². The Hall–Kier alpha value is -1.55. The van der Waals surface area contributed by atoms with Gasteiger partial charge in [0.05, 0.1) is 13.0 Å². The van der Waals surface area contributed by atoms with E-state index in [-0.39, 0.29) is 6.42 Å². The molecule has 1 N–H and O–H groups in total. The lowest BCUT2D eigenvalue weighted by atomic mass is 10.2. The second-order valence-corrected chi connectivity index (χ2v) is 4.08. The van der Waals surface area contributed by atoms with Gasteiger partial charge >= 0.3 is 5.97 Å². The summed E-state index contributed by atoms with van der Waals surface area (Å²) in [6.07, 6.45) is 1.14. The van der Waals surface area contributed by atoms with Crippen LogP contribution >= 0.6 is 0 Å². The zero-order valence-corrected chi connectivity index (χ0v) is 10.8. The van der Waals surface area contributed by atoms with Crippen LogP contribution in [0.3, 0.4) is 0 Å². The minimum Gasteiger partial charge on any atom is -0.481 e. The van der Waals surface area contributed by atoms with E-state index in [1.165, 1.54) is 0 Å². The van der Waals surface area contributed by atoms with Crippen molar-refractivity contribution in [2.45, 2.75) is 19.8 Å². The van der Waals surface area contributed by atoms with Crippen LogP contribution in [0.2, 0.25) is 0 Å². The van der Waals surface area contributed by atoms with Crippen LogP contribution in [0.15, 0.2) is 30.3 Å². The summed E-state index contributed by atoms with van der Waals surface area (Å²) in [4.78, 5) is 12.7. The van der Waals surface area contributed by atoms with Crippen molar-refractivity contribution in [3.05, 3.63) is 30.3 Å². The summed E-state index contributed by atoms with van der Waals surface area (Å²) >= 11 is 0. The van der Waals surface area contributed by atoms with Gasteiger partial charge in [-0.25, -0.2) is 0 Å². The van der Waals surface area contributed by atoms with Crippen LogP contribution in [0.25, 0.3) is 0 Å². The number of nitrogens with zero attached hydrogens (tertiary/aromatic N) is 1. The standard InChI is InChI=1S/C14H21NO3/c1-2-11-18-12-10-15(9-8-14(16)17)13-6-4-3-5-7-13/h3-7H,2,8-12H2,1H3,(H,16,17). The van der Waals surface area contributed by atoms with E-state index in [0.717, 1.165) is 25.3 Å². The third kappa shape index (κ3) is 5.68. The van der Waals surface area contributed by atoms with Gasteiger partial charge in [-0.15, -0.1) is 0 Å².